The van der Waals surface area contributed by atoms with E-state index in [1.807, 2.05) is 0 Å². The van der Waals surface area contributed by atoms with Gasteiger partial charge in [0.2, 0.25) is 0 Å². The lowest BCUT2D eigenvalue weighted by Crippen LogP contribution is -2.27. The molecular formula is C19H32N2. The van der Waals surface area contributed by atoms with Crippen LogP contribution in [0.3, 0.4) is 0 Å². The molecule has 2 heteroatoms. The molecule has 0 radical (unpaired) electrons. The van der Waals surface area contributed by atoms with Gasteiger partial charge in [-0.2, -0.15) is 0 Å². The van der Waals surface area contributed by atoms with Gasteiger partial charge in [-0.15, -0.1) is 0 Å². The van der Waals surface area contributed by atoms with Gasteiger partial charge in [0.05, 0.1) is 0 Å². The SMILES string of the molecule is C.CCc1cc2c(cc1CC)C(CC1CCCN1C)CN2. The van der Waals surface area contributed by atoms with Crippen LogP contribution in [0.5, 0.6) is 0 Å². The molecule has 2 heterocycles. The van der Waals surface area contributed by atoms with Crippen LogP contribution in [0.1, 0.15) is 63.1 Å². The molecule has 2 atom stereocenters. The molecule has 1 fully saturated rings. The number of benzene rings is 1. The number of nitrogens with zero attached hydrogens (tertiary/aromatic N) is 1. The lowest BCUT2D eigenvalue weighted by molar-refractivity contribution is 0.285. The maximum atomic E-state index is 3.65. The van der Waals surface area contributed by atoms with Crippen molar-refractivity contribution in [3.63, 3.8) is 0 Å². The molecule has 2 nitrogen and oxygen atoms in total. The molecule has 21 heavy (non-hydrogen) atoms. The van der Waals surface area contributed by atoms with Crippen LogP contribution in [0.2, 0.25) is 0 Å². The second-order valence-electron chi connectivity index (χ2n) is 6.51. The maximum absolute atomic E-state index is 3.65. The summed E-state index contributed by atoms with van der Waals surface area (Å²) in [4.78, 5) is 2.55. The van der Waals surface area contributed by atoms with Crippen LogP contribution in [0.15, 0.2) is 12.1 Å². The average Bonchev–Trinajstić information content (AvgIpc) is 3.05. The van der Waals surface area contributed by atoms with E-state index >= 15 is 0 Å². The Kier molecular flexibility index (Phi) is 5.32. The molecule has 3 rings (SSSR count). The summed E-state index contributed by atoms with van der Waals surface area (Å²) in [6.45, 7) is 6.96. The van der Waals surface area contributed by atoms with E-state index in [1.165, 1.54) is 37.1 Å². The molecule has 0 aromatic heterocycles. The minimum Gasteiger partial charge on any atom is -0.384 e. The highest BCUT2D eigenvalue weighted by Crippen LogP contribution is 2.38. The second kappa shape index (κ2) is 6.83. The lowest BCUT2D eigenvalue weighted by atomic mass is 9.89. The van der Waals surface area contributed by atoms with Gasteiger partial charge < -0.3 is 10.2 Å². The number of aryl methyl sites for hydroxylation is 2. The first-order chi connectivity index (χ1) is 9.72. The molecule has 1 aromatic rings. The largest absolute Gasteiger partial charge is 0.384 e. The highest BCUT2D eigenvalue weighted by molar-refractivity contribution is 5.61. The van der Waals surface area contributed by atoms with Crippen molar-refractivity contribution in [2.45, 2.75) is 65.3 Å². The molecule has 2 aliphatic heterocycles. The Labute approximate surface area is 130 Å². The summed E-state index contributed by atoms with van der Waals surface area (Å²) in [6, 6.07) is 5.70. The Morgan fingerprint density at radius 1 is 1.19 bits per heavy atom. The molecule has 0 saturated carbocycles. The fraction of sp³-hybridized carbons (Fsp3) is 0.684. The summed E-state index contributed by atoms with van der Waals surface area (Å²) in [5.41, 5.74) is 6.07. The number of hydrogen-bond donors (Lipinski definition) is 1. The van der Waals surface area contributed by atoms with E-state index in [0.717, 1.165) is 25.4 Å². The molecule has 118 valence electrons. The van der Waals surface area contributed by atoms with E-state index < -0.39 is 0 Å². The quantitative estimate of drug-likeness (QED) is 0.881. The third-order valence-corrected chi connectivity index (χ3v) is 5.34. The summed E-state index contributed by atoms with van der Waals surface area (Å²) in [5, 5.41) is 3.65. The Morgan fingerprint density at radius 2 is 1.90 bits per heavy atom. The van der Waals surface area contributed by atoms with Gasteiger partial charge in [-0.25, -0.2) is 0 Å². The van der Waals surface area contributed by atoms with Crippen LogP contribution in [0, 0.1) is 0 Å². The minimum atomic E-state index is 0. The van der Waals surface area contributed by atoms with E-state index in [1.54, 1.807) is 11.1 Å². The fourth-order valence-corrected chi connectivity index (χ4v) is 4.02. The molecule has 2 aliphatic rings. The predicted molar refractivity (Wildman–Crippen MR) is 93.4 cm³/mol. The molecule has 1 aromatic carbocycles. The Morgan fingerprint density at radius 3 is 2.52 bits per heavy atom. The molecule has 2 unspecified atom stereocenters. The van der Waals surface area contributed by atoms with Crippen LogP contribution < -0.4 is 5.32 Å². The summed E-state index contributed by atoms with van der Waals surface area (Å²) < 4.78 is 0. The van der Waals surface area contributed by atoms with Crippen molar-refractivity contribution < 1.29 is 0 Å². The van der Waals surface area contributed by atoms with Crippen molar-refractivity contribution in [1.29, 1.82) is 0 Å². The van der Waals surface area contributed by atoms with Gasteiger partial charge in [-0.3, -0.25) is 0 Å². The Bertz CT molecular complexity index is 481. The molecule has 0 spiro atoms. The molecule has 1 N–H and O–H groups in total. The van der Waals surface area contributed by atoms with Crippen LogP contribution in [-0.2, 0) is 12.8 Å². The number of anilines is 1. The minimum absolute atomic E-state index is 0. The number of fused-ring (bicyclic) bond motifs is 1. The fourth-order valence-electron chi connectivity index (χ4n) is 4.02. The van der Waals surface area contributed by atoms with Crippen molar-refractivity contribution >= 4 is 5.69 Å². The summed E-state index contributed by atoms with van der Waals surface area (Å²) >= 11 is 0. The van der Waals surface area contributed by atoms with E-state index in [-0.39, 0.29) is 7.43 Å². The average molecular weight is 288 g/mol. The van der Waals surface area contributed by atoms with Crippen LogP contribution in [0.25, 0.3) is 0 Å². The second-order valence-corrected chi connectivity index (χ2v) is 6.51. The normalized spacial score (nSPS) is 24.5. The lowest BCUT2D eigenvalue weighted by Gasteiger charge is -2.23. The smallest absolute Gasteiger partial charge is 0.0379 e. The standard InChI is InChI=1S/C18H28N2.CH4/c1-4-13-10-17-15(9-16-7-6-8-20(16)3)12-19-18(17)11-14(13)5-2;/h10-11,15-16,19H,4-9,12H2,1-3H3;1H4. The van der Waals surface area contributed by atoms with Crippen LogP contribution >= 0.6 is 0 Å². The first-order valence-corrected chi connectivity index (χ1v) is 8.32. The van der Waals surface area contributed by atoms with Crippen molar-refractivity contribution in [1.82, 2.24) is 4.90 Å². The van der Waals surface area contributed by atoms with Crippen molar-refractivity contribution in [3.05, 3.63) is 28.8 Å². The number of nitrogens with one attached hydrogen (secondary N) is 1. The first kappa shape index (κ1) is 16.4. The molecule has 1 saturated heterocycles. The molecule has 0 amide bonds. The third kappa shape index (κ3) is 3.11. The van der Waals surface area contributed by atoms with Gasteiger partial charge in [0, 0.05) is 24.2 Å². The monoisotopic (exact) mass is 288 g/mol. The third-order valence-electron chi connectivity index (χ3n) is 5.34. The van der Waals surface area contributed by atoms with Crippen molar-refractivity contribution in [2.24, 2.45) is 0 Å². The van der Waals surface area contributed by atoms with E-state index in [4.69, 9.17) is 0 Å². The van der Waals surface area contributed by atoms with E-state index in [0.29, 0.717) is 5.92 Å². The zero-order valence-corrected chi connectivity index (χ0v) is 13.2. The first-order valence-electron chi connectivity index (χ1n) is 8.32. The zero-order chi connectivity index (χ0) is 14.1. The predicted octanol–water partition coefficient (Wildman–Crippen LogP) is 4.44. The summed E-state index contributed by atoms with van der Waals surface area (Å²) in [7, 11) is 2.29. The topological polar surface area (TPSA) is 15.3 Å². The highest BCUT2D eigenvalue weighted by Gasteiger charge is 2.29. The van der Waals surface area contributed by atoms with Crippen LogP contribution in [-0.4, -0.2) is 31.1 Å². The Balaban J connectivity index is 0.00000161. The number of likely N-dealkylation sites (tertiary alicyclic amines) is 1. The molecule has 0 aliphatic carbocycles. The zero-order valence-electron chi connectivity index (χ0n) is 13.2. The van der Waals surface area contributed by atoms with Gasteiger partial charge in [0.15, 0.2) is 0 Å². The highest BCUT2D eigenvalue weighted by atomic mass is 15.1. The number of rotatable bonds is 4. The van der Waals surface area contributed by atoms with E-state index in [9.17, 15) is 0 Å². The van der Waals surface area contributed by atoms with Crippen molar-refractivity contribution in [2.75, 3.05) is 25.5 Å². The van der Waals surface area contributed by atoms with Gasteiger partial charge in [-0.1, -0.05) is 27.3 Å². The molecular weight excluding hydrogens is 256 g/mol. The molecule has 0 bridgehead atoms. The van der Waals surface area contributed by atoms with Gasteiger partial charge in [0.25, 0.3) is 0 Å². The van der Waals surface area contributed by atoms with Crippen LogP contribution in [0.4, 0.5) is 5.69 Å². The van der Waals surface area contributed by atoms with E-state index in [2.05, 4.69) is 43.2 Å². The maximum Gasteiger partial charge on any atom is 0.0379 e. The Hall–Kier alpha value is -1.02. The van der Waals surface area contributed by atoms with Gasteiger partial charge in [0.1, 0.15) is 0 Å². The summed E-state index contributed by atoms with van der Waals surface area (Å²) in [6.07, 6.45) is 6.39. The van der Waals surface area contributed by atoms with Crippen molar-refractivity contribution in [3.8, 4) is 0 Å². The van der Waals surface area contributed by atoms with Gasteiger partial charge >= 0.3 is 0 Å². The summed E-state index contributed by atoms with van der Waals surface area (Å²) in [5.74, 6) is 0.715. The number of hydrogen-bond acceptors (Lipinski definition) is 2. The van der Waals surface area contributed by atoms with Gasteiger partial charge in [-0.05, 0) is 68.5 Å².